The van der Waals surface area contributed by atoms with E-state index in [9.17, 15) is 0 Å². The second-order valence-corrected chi connectivity index (χ2v) is 2.64. The molecule has 2 aromatic heterocycles. The maximum Gasteiger partial charge on any atom is 0.159 e. The van der Waals surface area contributed by atoms with Crippen LogP contribution in [0.1, 0.15) is 5.82 Å². The van der Waals surface area contributed by atoms with Gasteiger partial charge in [0.15, 0.2) is 10.3 Å². The van der Waals surface area contributed by atoms with Crippen LogP contribution in [0, 0.1) is 11.6 Å². The lowest BCUT2D eigenvalue weighted by Gasteiger charge is -1.91. The number of aryl methyl sites for hydroxylation is 1. The van der Waals surface area contributed by atoms with E-state index in [0.717, 1.165) is 17.0 Å². The maximum absolute atomic E-state index is 4.99. The lowest BCUT2D eigenvalue weighted by Crippen LogP contribution is -1.88. The molecule has 0 spiro atoms. The molecule has 0 aliphatic carbocycles. The molecule has 11 heavy (non-hydrogen) atoms. The van der Waals surface area contributed by atoms with Gasteiger partial charge in [0.2, 0.25) is 0 Å². The number of nitrogens with zero attached hydrogens (tertiary/aromatic N) is 2. The fourth-order valence-electron chi connectivity index (χ4n) is 0.960. The van der Waals surface area contributed by atoms with E-state index in [2.05, 4.69) is 19.9 Å². The van der Waals surface area contributed by atoms with E-state index in [1.165, 1.54) is 0 Å². The number of hydrogen-bond acceptors (Lipinski definition) is 3. The molecule has 0 amide bonds. The minimum absolute atomic E-state index is 0.564. The molecule has 0 aliphatic rings. The maximum atomic E-state index is 4.99. The molecular formula is C6H6N4S. The zero-order chi connectivity index (χ0) is 7.84. The molecule has 0 saturated carbocycles. The van der Waals surface area contributed by atoms with Crippen LogP contribution in [-0.2, 0) is 0 Å². The Labute approximate surface area is 67.7 Å². The van der Waals surface area contributed by atoms with Crippen LogP contribution in [0.5, 0.6) is 0 Å². The van der Waals surface area contributed by atoms with Gasteiger partial charge in [-0.1, -0.05) is 12.2 Å². The lowest BCUT2D eigenvalue weighted by molar-refractivity contribution is 1.07. The third kappa shape index (κ3) is 0.932. The molecule has 0 unspecified atom stereocenters. The van der Waals surface area contributed by atoms with Gasteiger partial charge in [0.25, 0.3) is 0 Å². The number of H-pyrrole nitrogens is 2. The minimum Gasteiger partial charge on any atom is -0.341 e. The fourth-order valence-corrected chi connectivity index (χ4v) is 1.25. The van der Waals surface area contributed by atoms with Crippen LogP contribution in [-0.4, -0.2) is 19.9 Å². The van der Waals surface area contributed by atoms with E-state index in [0.29, 0.717) is 4.64 Å². The Kier molecular flexibility index (Phi) is 1.25. The first kappa shape index (κ1) is 6.48. The second-order valence-electron chi connectivity index (χ2n) is 2.25. The van der Waals surface area contributed by atoms with Gasteiger partial charge in [0.05, 0.1) is 6.33 Å². The topological polar surface area (TPSA) is 57.4 Å². The third-order valence-electron chi connectivity index (χ3n) is 1.42. The normalized spacial score (nSPS) is 10.6. The predicted octanol–water partition coefficient (Wildman–Crippen LogP) is 1.32. The van der Waals surface area contributed by atoms with Crippen molar-refractivity contribution in [1.29, 1.82) is 0 Å². The standard InChI is InChI=1S/C6H6N4S/c1-3-9-5-4(6(11)10-3)7-2-8-5/h2H,1H3,(H2,7,8,9,10,11). The Bertz CT molecular complexity index is 441. The van der Waals surface area contributed by atoms with Crippen LogP contribution in [0.3, 0.4) is 0 Å². The number of nitrogens with one attached hydrogen (secondary N) is 2. The van der Waals surface area contributed by atoms with Crippen LogP contribution in [0.25, 0.3) is 11.2 Å². The smallest absolute Gasteiger partial charge is 0.159 e. The van der Waals surface area contributed by atoms with E-state index >= 15 is 0 Å². The summed E-state index contributed by atoms with van der Waals surface area (Å²) >= 11 is 4.99. The van der Waals surface area contributed by atoms with Gasteiger partial charge in [-0.3, -0.25) is 0 Å². The van der Waals surface area contributed by atoms with Crippen LogP contribution in [0.2, 0.25) is 0 Å². The Morgan fingerprint density at radius 3 is 3.18 bits per heavy atom. The molecule has 0 radical (unpaired) electrons. The number of imidazole rings is 1. The highest BCUT2D eigenvalue weighted by Crippen LogP contribution is 2.05. The summed E-state index contributed by atoms with van der Waals surface area (Å²) in [6.07, 6.45) is 1.60. The van der Waals surface area contributed by atoms with Crippen molar-refractivity contribution >= 4 is 23.4 Å². The number of aromatic nitrogens is 4. The van der Waals surface area contributed by atoms with E-state index in [1.54, 1.807) is 6.33 Å². The number of hydrogen-bond donors (Lipinski definition) is 2. The summed E-state index contributed by atoms with van der Waals surface area (Å²) in [5.74, 6) is 0.787. The molecule has 0 bridgehead atoms. The van der Waals surface area contributed by atoms with Crippen LogP contribution < -0.4 is 0 Å². The first-order valence-corrected chi connectivity index (χ1v) is 3.58. The molecule has 0 fully saturated rings. The highest BCUT2D eigenvalue weighted by molar-refractivity contribution is 7.71. The Hall–Kier alpha value is -1.23. The van der Waals surface area contributed by atoms with Crippen molar-refractivity contribution in [3.63, 3.8) is 0 Å². The average molecular weight is 166 g/mol. The van der Waals surface area contributed by atoms with Crippen molar-refractivity contribution in [3.8, 4) is 0 Å². The summed E-state index contributed by atoms with van der Waals surface area (Å²) in [5.41, 5.74) is 1.56. The monoisotopic (exact) mass is 166 g/mol. The van der Waals surface area contributed by atoms with Crippen molar-refractivity contribution in [2.45, 2.75) is 6.92 Å². The number of fused-ring (bicyclic) bond motifs is 1. The minimum atomic E-state index is 0.564. The van der Waals surface area contributed by atoms with E-state index in [-0.39, 0.29) is 0 Å². The molecule has 0 saturated heterocycles. The van der Waals surface area contributed by atoms with Gasteiger partial charge in [-0.2, -0.15) is 0 Å². The molecule has 2 N–H and O–H groups in total. The average Bonchev–Trinajstić information content (AvgIpc) is 2.34. The van der Waals surface area contributed by atoms with Crippen molar-refractivity contribution < 1.29 is 0 Å². The zero-order valence-corrected chi connectivity index (χ0v) is 6.70. The molecule has 56 valence electrons. The van der Waals surface area contributed by atoms with Crippen LogP contribution in [0.15, 0.2) is 6.33 Å². The molecule has 0 atom stereocenters. The first-order chi connectivity index (χ1) is 5.27. The third-order valence-corrected chi connectivity index (χ3v) is 1.72. The van der Waals surface area contributed by atoms with Crippen molar-refractivity contribution in [2.24, 2.45) is 0 Å². The van der Waals surface area contributed by atoms with Gasteiger partial charge >= 0.3 is 0 Å². The predicted molar refractivity (Wildman–Crippen MR) is 43.8 cm³/mol. The summed E-state index contributed by atoms with van der Waals surface area (Å²) < 4.78 is 0.564. The van der Waals surface area contributed by atoms with Crippen molar-refractivity contribution in [2.75, 3.05) is 0 Å². The molecule has 0 aliphatic heterocycles. The van der Waals surface area contributed by atoms with Crippen LogP contribution >= 0.6 is 12.2 Å². The zero-order valence-electron chi connectivity index (χ0n) is 5.88. The fraction of sp³-hybridized carbons (Fsp3) is 0.167. The lowest BCUT2D eigenvalue weighted by atomic mass is 10.5. The molecule has 5 heteroatoms. The summed E-state index contributed by atoms with van der Waals surface area (Å²) in [4.78, 5) is 14.0. The highest BCUT2D eigenvalue weighted by atomic mass is 32.1. The molecule has 2 aromatic rings. The van der Waals surface area contributed by atoms with Gasteiger partial charge in [-0.15, -0.1) is 0 Å². The van der Waals surface area contributed by atoms with E-state index in [4.69, 9.17) is 12.2 Å². The summed E-state index contributed by atoms with van der Waals surface area (Å²) in [6.45, 7) is 1.85. The van der Waals surface area contributed by atoms with Gasteiger partial charge in [0, 0.05) is 0 Å². The van der Waals surface area contributed by atoms with Crippen LogP contribution in [0.4, 0.5) is 0 Å². The molecule has 0 aromatic carbocycles. The van der Waals surface area contributed by atoms with Gasteiger partial charge in [-0.25, -0.2) is 9.97 Å². The Morgan fingerprint density at radius 2 is 2.36 bits per heavy atom. The second kappa shape index (κ2) is 2.13. The Balaban J connectivity index is 3.02. The Morgan fingerprint density at radius 1 is 1.55 bits per heavy atom. The van der Waals surface area contributed by atoms with Gasteiger partial charge in [-0.05, 0) is 6.92 Å². The number of aromatic amines is 2. The molecule has 2 heterocycles. The SMILES string of the molecule is Cc1nc(=S)c2[nH]cnc2[nH]1. The molecule has 4 nitrogen and oxygen atoms in total. The first-order valence-electron chi connectivity index (χ1n) is 3.17. The molecule has 2 rings (SSSR count). The molecular weight excluding hydrogens is 160 g/mol. The van der Waals surface area contributed by atoms with Gasteiger partial charge < -0.3 is 9.97 Å². The summed E-state index contributed by atoms with van der Waals surface area (Å²) in [7, 11) is 0. The van der Waals surface area contributed by atoms with Crippen molar-refractivity contribution in [3.05, 3.63) is 16.8 Å². The largest absolute Gasteiger partial charge is 0.341 e. The summed E-state index contributed by atoms with van der Waals surface area (Å²) in [5, 5.41) is 0. The highest BCUT2D eigenvalue weighted by Gasteiger charge is 1.98. The van der Waals surface area contributed by atoms with E-state index in [1.807, 2.05) is 6.92 Å². The quantitative estimate of drug-likeness (QED) is 0.580. The number of rotatable bonds is 0. The van der Waals surface area contributed by atoms with Gasteiger partial charge in [0.1, 0.15) is 11.3 Å². The summed E-state index contributed by atoms with van der Waals surface area (Å²) in [6, 6.07) is 0. The van der Waals surface area contributed by atoms with E-state index < -0.39 is 0 Å². The van der Waals surface area contributed by atoms with Crippen molar-refractivity contribution in [1.82, 2.24) is 19.9 Å².